The summed E-state index contributed by atoms with van der Waals surface area (Å²) in [5.74, 6) is 0.165. The summed E-state index contributed by atoms with van der Waals surface area (Å²) in [6.07, 6.45) is 5.90. The topological polar surface area (TPSA) is 75.3 Å². The molecule has 0 spiro atoms. The first-order valence-corrected chi connectivity index (χ1v) is 8.14. The molecule has 6 nitrogen and oxygen atoms in total. The van der Waals surface area contributed by atoms with Crippen LogP contribution in [0.3, 0.4) is 0 Å². The molecule has 1 aromatic rings. The highest BCUT2D eigenvalue weighted by Gasteiger charge is 2.31. The van der Waals surface area contributed by atoms with E-state index in [1.54, 1.807) is 6.07 Å². The molecule has 1 amide bonds. The van der Waals surface area contributed by atoms with Crippen LogP contribution in [0.15, 0.2) is 16.9 Å². The monoisotopic (exact) mass is 305 g/mol. The maximum absolute atomic E-state index is 12.5. The summed E-state index contributed by atoms with van der Waals surface area (Å²) in [5.41, 5.74) is 0.559. The highest BCUT2D eigenvalue weighted by molar-refractivity contribution is 5.77. The van der Waals surface area contributed by atoms with Crippen molar-refractivity contribution in [3.63, 3.8) is 0 Å². The Morgan fingerprint density at radius 3 is 2.95 bits per heavy atom. The average Bonchev–Trinajstić information content (AvgIpc) is 3.14. The Morgan fingerprint density at radius 2 is 2.27 bits per heavy atom. The summed E-state index contributed by atoms with van der Waals surface area (Å²) in [6, 6.07) is 3.18. The van der Waals surface area contributed by atoms with Crippen LogP contribution in [-0.2, 0) is 9.53 Å². The van der Waals surface area contributed by atoms with E-state index in [1.165, 1.54) is 6.07 Å². The summed E-state index contributed by atoms with van der Waals surface area (Å²) in [4.78, 5) is 25.5. The quantitative estimate of drug-likeness (QED) is 0.920. The van der Waals surface area contributed by atoms with Crippen LogP contribution in [0.2, 0.25) is 0 Å². The van der Waals surface area contributed by atoms with E-state index in [-0.39, 0.29) is 23.6 Å². The smallest absolute Gasteiger partial charge is 0.264 e. The average molecular weight is 305 g/mol. The standard InChI is InChI=1S/C16H23N3O3/c1-11-4-5-12(22-11)6-9-16(21)19-10-2-3-14(19)13-7-8-15(20)18-17-13/h7-8,11-12,14H,2-6,9-10H2,1H3,(H,18,20). The Kier molecular flexibility index (Phi) is 4.57. The molecule has 120 valence electrons. The van der Waals surface area contributed by atoms with Crippen LogP contribution < -0.4 is 5.56 Å². The molecular formula is C16H23N3O3. The minimum atomic E-state index is -0.216. The van der Waals surface area contributed by atoms with E-state index in [9.17, 15) is 9.59 Å². The SMILES string of the molecule is CC1CCC(CCC(=O)N2CCCC2c2ccc(=O)[nH]n2)O1. The van der Waals surface area contributed by atoms with E-state index >= 15 is 0 Å². The third-order valence-corrected chi connectivity index (χ3v) is 4.62. The molecule has 1 N–H and O–H groups in total. The lowest BCUT2D eigenvalue weighted by atomic mass is 10.1. The number of H-pyrrole nitrogens is 1. The maximum Gasteiger partial charge on any atom is 0.264 e. The van der Waals surface area contributed by atoms with E-state index in [0.29, 0.717) is 12.5 Å². The number of nitrogens with one attached hydrogen (secondary N) is 1. The second kappa shape index (κ2) is 6.60. The molecule has 0 aromatic carbocycles. The van der Waals surface area contributed by atoms with Gasteiger partial charge in [0, 0.05) is 19.0 Å². The van der Waals surface area contributed by atoms with Gasteiger partial charge in [0.15, 0.2) is 0 Å². The van der Waals surface area contributed by atoms with Crippen LogP contribution in [0.4, 0.5) is 0 Å². The molecule has 3 unspecified atom stereocenters. The van der Waals surface area contributed by atoms with E-state index in [4.69, 9.17) is 4.74 Å². The van der Waals surface area contributed by atoms with Crippen LogP contribution >= 0.6 is 0 Å². The van der Waals surface area contributed by atoms with Gasteiger partial charge in [-0.15, -0.1) is 0 Å². The van der Waals surface area contributed by atoms with Crippen molar-refractivity contribution in [1.29, 1.82) is 0 Å². The highest BCUT2D eigenvalue weighted by Crippen LogP contribution is 2.31. The Hall–Kier alpha value is -1.69. The molecule has 2 aliphatic heterocycles. The van der Waals surface area contributed by atoms with E-state index in [2.05, 4.69) is 17.1 Å². The van der Waals surface area contributed by atoms with Crippen molar-refractivity contribution < 1.29 is 9.53 Å². The fraction of sp³-hybridized carbons (Fsp3) is 0.688. The molecule has 0 bridgehead atoms. The number of aromatic amines is 1. The molecule has 3 atom stereocenters. The van der Waals surface area contributed by atoms with Crippen molar-refractivity contribution in [1.82, 2.24) is 15.1 Å². The first kappa shape index (κ1) is 15.2. The van der Waals surface area contributed by atoms with Crippen LogP contribution in [0.1, 0.15) is 57.2 Å². The second-order valence-electron chi connectivity index (χ2n) is 6.28. The van der Waals surface area contributed by atoms with Crippen molar-refractivity contribution in [3.8, 4) is 0 Å². The highest BCUT2D eigenvalue weighted by atomic mass is 16.5. The van der Waals surface area contributed by atoms with Gasteiger partial charge >= 0.3 is 0 Å². The number of ether oxygens (including phenoxy) is 1. The Labute approximate surface area is 129 Å². The fourth-order valence-corrected chi connectivity index (χ4v) is 3.44. The molecule has 0 aliphatic carbocycles. The zero-order valence-electron chi connectivity index (χ0n) is 13.0. The van der Waals surface area contributed by atoms with Crippen molar-refractivity contribution in [2.45, 2.75) is 63.7 Å². The van der Waals surface area contributed by atoms with Gasteiger partial charge < -0.3 is 9.64 Å². The molecule has 0 saturated carbocycles. The molecule has 22 heavy (non-hydrogen) atoms. The molecule has 3 heterocycles. The van der Waals surface area contributed by atoms with Gasteiger partial charge in [0.1, 0.15) is 0 Å². The fourth-order valence-electron chi connectivity index (χ4n) is 3.44. The van der Waals surface area contributed by atoms with Crippen LogP contribution in [-0.4, -0.2) is 39.8 Å². The van der Waals surface area contributed by atoms with Gasteiger partial charge in [-0.3, -0.25) is 9.59 Å². The molecule has 2 fully saturated rings. The van der Waals surface area contributed by atoms with Gasteiger partial charge in [-0.2, -0.15) is 5.10 Å². The lowest BCUT2D eigenvalue weighted by molar-refractivity contribution is -0.133. The predicted octanol–water partition coefficient (Wildman–Crippen LogP) is 1.78. The number of hydrogen-bond donors (Lipinski definition) is 1. The number of rotatable bonds is 4. The summed E-state index contributed by atoms with van der Waals surface area (Å²) in [6.45, 7) is 2.85. The molecule has 2 aliphatic rings. The third kappa shape index (κ3) is 3.38. The minimum Gasteiger partial charge on any atom is -0.375 e. The zero-order valence-corrected chi connectivity index (χ0v) is 13.0. The molecule has 3 rings (SSSR count). The number of aromatic nitrogens is 2. The van der Waals surface area contributed by atoms with Gasteiger partial charge in [-0.25, -0.2) is 5.10 Å². The van der Waals surface area contributed by atoms with Gasteiger partial charge in [-0.1, -0.05) is 0 Å². The summed E-state index contributed by atoms with van der Waals surface area (Å²) < 4.78 is 5.78. The molecular weight excluding hydrogens is 282 g/mol. The number of likely N-dealkylation sites (tertiary alicyclic amines) is 1. The van der Waals surface area contributed by atoms with Gasteiger partial charge in [0.05, 0.1) is 23.9 Å². The maximum atomic E-state index is 12.5. The largest absolute Gasteiger partial charge is 0.375 e. The number of hydrogen-bond acceptors (Lipinski definition) is 4. The molecule has 2 saturated heterocycles. The summed E-state index contributed by atoms with van der Waals surface area (Å²) in [5, 5.41) is 6.54. The number of carbonyl (C=O) groups excluding carboxylic acids is 1. The minimum absolute atomic E-state index is 0.00669. The van der Waals surface area contributed by atoms with Gasteiger partial charge in [0.2, 0.25) is 5.91 Å². The Bertz CT molecular complexity index is 566. The predicted molar refractivity (Wildman–Crippen MR) is 81.3 cm³/mol. The Morgan fingerprint density at radius 1 is 1.41 bits per heavy atom. The van der Waals surface area contributed by atoms with Crippen molar-refractivity contribution in [3.05, 3.63) is 28.2 Å². The summed E-state index contributed by atoms with van der Waals surface area (Å²) >= 11 is 0. The lowest BCUT2D eigenvalue weighted by Gasteiger charge is -2.24. The number of amides is 1. The molecule has 6 heteroatoms. The van der Waals surface area contributed by atoms with Crippen LogP contribution in [0, 0.1) is 0 Å². The summed E-state index contributed by atoms with van der Waals surface area (Å²) in [7, 11) is 0. The van der Waals surface area contributed by atoms with Crippen molar-refractivity contribution in [2.75, 3.05) is 6.54 Å². The second-order valence-corrected chi connectivity index (χ2v) is 6.28. The first-order valence-electron chi connectivity index (χ1n) is 8.14. The van der Waals surface area contributed by atoms with Crippen LogP contribution in [0.25, 0.3) is 0 Å². The Balaban J connectivity index is 1.59. The third-order valence-electron chi connectivity index (χ3n) is 4.62. The molecule has 1 aromatic heterocycles. The van der Waals surface area contributed by atoms with E-state index in [0.717, 1.165) is 44.3 Å². The van der Waals surface area contributed by atoms with Gasteiger partial charge in [-0.05, 0) is 45.1 Å². The first-order chi connectivity index (χ1) is 10.6. The van der Waals surface area contributed by atoms with E-state index < -0.39 is 0 Å². The van der Waals surface area contributed by atoms with E-state index in [1.807, 2.05) is 4.90 Å². The van der Waals surface area contributed by atoms with Gasteiger partial charge in [0.25, 0.3) is 5.56 Å². The number of nitrogens with zero attached hydrogens (tertiary/aromatic N) is 2. The molecule has 0 radical (unpaired) electrons. The normalized spacial score (nSPS) is 28.2. The zero-order chi connectivity index (χ0) is 15.5. The van der Waals surface area contributed by atoms with Crippen LogP contribution in [0.5, 0.6) is 0 Å². The number of carbonyl (C=O) groups is 1. The lowest BCUT2D eigenvalue weighted by Crippen LogP contribution is -2.32. The van der Waals surface area contributed by atoms with Crippen molar-refractivity contribution in [2.24, 2.45) is 0 Å². The van der Waals surface area contributed by atoms with Crippen molar-refractivity contribution >= 4 is 5.91 Å².